The van der Waals surface area contributed by atoms with Gasteiger partial charge in [-0.1, -0.05) is 54.6 Å². The average Bonchev–Trinajstić information content (AvgIpc) is 2.29. The number of hydrogen-bond donors (Lipinski definition) is 1. The highest BCUT2D eigenvalue weighted by Crippen LogP contribution is 2.18. The molecule has 0 bridgehead atoms. The first-order chi connectivity index (χ1) is 7.57. The predicted molar refractivity (Wildman–Crippen MR) is 57.8 cm³/mol. The van der Waals surface area contributed by atoms with E-state index in [2.05, 4.69) is 0 Å². The van der Waals surface area contributed by atoms with Crippen LogP contribution >= 0.6 is 0 Å². The first kappa shape index (κ1) is 6.80. The van der Waals surface area contributed by atoms with Crippen molar-refractivity contribution in [3.05, 3.63) is 60.2 Å². The molecule has 0 aliphatic rings. The quantitative estimate of drug-likeness (QED) is 0.764. The largest absolute Gasteiger partial charge is 0.392 e. The van der Waals surface area contributed by atoms with Gasteiger partial charge >= 0.3 is 0 Å². The van der Waals surface area contributed by atoms with Crippen LogP contribution in [0.3, 0.4) is 0 Å². The minimum Gasteiger partial charge on any atom is -0.392 e. The van der Waals surface area contributed by atoms with Gasteiger partial charge in [0.2, 0.25) is 0 Å². The topological polar surface area (TPSA) is 20.2 Å². The Kier molecular flexibility index (Phi) is 1.98. The van der Waals surface area contributed by atoms with Gasteiger partial charge in [-0.2, -0.15) is 0 Å². The van der Waals surface area contributed by atoms with Gasteiger partial charge in [-0.3, -0.25) is 0 Å². The molecule has 0 aromatic heterocycles. The molecule has 1 heteroatoms. The second kappa shape index (κ2) is 4.07. The van der Waals surface area contributed by atoms with Gasteiger partial charge in [0.15, 0.2) is 0 Å². The van der Waals surface area contributed by atoms with E-state index in [0.29, 0.717) is 0 Å². The summed E-state index contributed by atoms with van der Waals surface area (Å²) in [5.41, 5.74) is 2.35. The number of aliphatic hydroxyl groups is 1. The summed E-state index contributed by atoms with van der Waals surface area (Å²) in [5.74, 6) is 0. The summed E-state index contributed by atoms with van der Waals surface area (Å²) in [4.78, 5) is 0. The zero-order chi connectivity index (χ0) is 11.6. The third-order valence-electron chi connectivity index (χ3n) is 2.12. The molecule has 0 fully saturated rings. The van der Waals surface area contributed by atoms with Crippen LogP contribution in [-0.2, 0) is 6.56 Å². The SMILES string of the molecule is [2H]C([2H])(O)c1ccc(-c2ccccc2)cc1. The standard InChI is InChI=1S/C13H12O/c14-10-11-6-8-13(9-7-11)12-4-2-1-3-5-12/h1-9,14H,10H2/i10D2. The van der Waals surface area contributed by atoms with Crippen LogP contribution in [0.25, 0.3) is 11.1 Å². The van der Waals surface area contributed by atoms with Crippen LogP contribution in [0.4, 0.5) is 0 Å². The molecule has 0 unspecified atom stereocenters. The maximum absolute atomic E-state index is 9.18. The molecule has 2 rings (SSSR count). The monoisotopic (exact) mass is 186 g/mol. The predicted octanol–water partition coefficient (Wildman–Crippen LogP) is 2.85. The highest BCUT2D eigenvalue weighted by atomic mass is 16.3. The van der Waals surface area contributed by atoms with Crippen molar-refractivity contribution >= 4 is 0 Å². The van der Waals surface area contributed by atoms with Crippen molar-refractivity contribution in [3.63, 3.8) is 0 Å². The zero-order valence-electron chi connectivity index (χ0n) is 9.64. The molecule has 0 aliphatic heterocycles. The minimum atomic E-state index is -2.27. The molecular formula is C13H12O. The normalized spacial score (nSPS) is 13.2. The van der Waals surface area contributed by atoms with Gasteiger partial charge in [0.1, 0.15) is 0 Å². The molecule has 1 N–H and O–H groups in total. The van der Waals surface area contributed by atoms with E-state index < -0.39 is 6.56 Å². The van der Waals surface area contributed by atoms with Crippen LogP contribution < -0.4 is 0 Å². The van der Waals surface area contributed by atoms with Gasteiger partial charge in [0, 0.05) is 0 Å². The third kappa shape index (κ3) is 1.83. The molecule has 1 nitrogen and oxygen atoms in total. The average molecular weight is 186 g/mol. The van der Waals surface area contributed by atoms with Crippen LogP contribution in [0.15, 0.2) is 54.6 Å². The molecule has 0 saturated carbocycles. The Balaban J connectivity index is 2.34. The lowest BCUT2D eigenvalue weighted by Gasteiger charge is -2.01. The Hall–Kier alpha value is -1.60. The smallest absolute Gasteiger partial charge is 0.0681 e. The first-order valence-corrected chi connectivity index (χ1v) is 4.46. The molecule has 0 saturated heterocycles. The van der Waals surface area contributed by atoms with E-state index in [4.69, 9.17) is 2.74 Å². The van der Waals surface area contributed by atoms with E-state index in [1.807, 2.05) is 30.3 Å². The van der Waals surface area contributed by atoms with Gasteiger partial charge in [-0.05, 0) is 16.7 Å². The van der Waals surface area contributed by atoms with Crippen molar-refractivity contribution in [2.75, 3.05) is 0 Å². The van der Waals surface area contributed by atoms with Crippen molar-refractivity contribution in [2.45, 2.75) is 6.56 Å². The van der Waals surface area contributed by atoms with Crippen molar-refractivity contribution < 1.29 is 7.85 Å². The van der Waals surface area contributed by atoms with Crippen LogP contribution in [0, 0.1) is 0 Å². The Labute approximate surface area is 86.5 Å². The van der Waals surface area contributed by atoms with Crippen molar-refractivity contribution in [3.8, 4) is 11.1 Å². The Morgan fingerprint density at radius 3 is 2.00 bits per heavy atom. The Bertz CT molecular complexity index is 458. The Morgan fingerprint density at radius 1 is 0.857 bits per heavy atom. The van der Waals surface area contributed by atoms with Gasteiger partial charge in [-0.15, -0.1) is 0 Å². The lowest BCUT2D eigenvalue weighted by Crippen LogP contribution is -1.82. The third-order valence-corrected chi connectivity index (χ3v) is 2.12. The maximum Gasteiger partial charge on any atom is 0.0681 e. The maximum atomic E-state index is 9.18. The molecule has 0 atom stereocenters. The molecule has 0 aliphatic carbocycles. The van der Waals surface area contributed by atoms with Crippen molar-refractivity contribution in [1.82, 2.24) is 0 Å². The second-order valence-corrected chi connectivity index (χ2v) is 3.06. The van der Waals surface area contributed by atoms with E-state index in [9.17, 15) is 5.11 Å². The molecule has 0 radical (unpaired) electrons. The van der Waals surface area contributed by atoms with E-state index in [-0.39, 0.29) is 5.56 Å². The fourth-order valence-electron chi connectivity index (χ4n) is 1.37. The van der Waals surface area contributed by atoms with E-state index in [1.165, 1.54) is 0 Å². The fourth-order valence-corrected chi connectivity index (χ4v) is 1.37. The number of benzene rings is 2. The highest BCUT2D eigenvalue weighted by Gasteiger charge is 1.95. The lowest BCUT2D eigenvalue weighted by atomic mass is 10.0. The molecule has 2 aromatic rings. The van der Waals surface area contributed by atoms with Gasteiger partial charge in [0.25, 0.3) is 0 Å². The molecule has 0 spiro atoms. The summed E-state index contributed by atoms with van der Waals surface area (Å²) in [6, 6.07) is 16.6. The van der Waals surface area contributed by atoms with Gasteiger partial charge < -0.3 is 5.11 Å². The van der Waals surface area contributed by atoms with Crippen LogP contribution in [0.5, 0.6) is 0 Å². The van der Waals surface area contributed by atoms with Crippen LogP contribution in [-0.4, -0.2) is 5.11 Å². The second-order valence-electron chi connectivity index (χ2n) is 3.06. The molecule has 14 heavy (non-hydrogen) atoms. The van der Waals surface area contributed by atoms with E-state index in [1.54, 1.807) is 24.3 Å². The Morgan fingerprint density at radius 2 is 1.43 bits per heavy atom. The molecule has 2 aromatic carbocycles. The molecule has 70 valence electrons. The molecular weight excluding hydrogens is 172 g/mol. The number of rotatable bonds is 2. The van der Waals surface area contributed by atoms with Gasteiger partial charge in [-0.25, -0.2) is 0 Å². The van der Waals surface area contributed by atoms with Crippen LogP contribution in [0.2, 0.25) is 0 Å². The summed E-state index contributed by atoms with van der Waals surface area (Å²) in [7, 11) is 0. The summed E-state index contributed by atoms with van der Waals surface area (Å²) < 4.78 is 14.3. The zero-order valence-corrected chi connectivity index (χ0v) is 7.64. The van der Waals surface area contributed by atoms with Crippen molar-refractivity contribution in [2.24, 2.45) is 0 Å². The lowest BCUT2D eigenvalue weighted by molar-refractivity contribution is 0.282. The van der Waals surface area contributed by atoms with Crippen molar-refractivity contribution in [1.29, 1.82) is 0 Å². The highest BCUT2D eigenvalue weighted by molar-refractivity contribution is 5.63. The summed E-state index contributed by atoms with van der Waals surface area (Å²) >= 11 is 0. The molecule has 0 heterocycles. The molecule has 0 amide bonds. The minimum absolute atomic E-state index is 0.271. The van der Waals surface area contributed by atoms with E-state index >= 15 is 0 Å². The summed E-state index contributed by atoms with van der Waals surface area (Å²) in [5, 5.41) is 9.18. The van der Waals surface area contributed by atoms with E-state index in [0.717, 1.165) is 11.1 Å². The first-order valence-electron chi connectivity index (χ1n) is 5.46. The summed E-state index contributed by atoms with van der Waals surface area (Å²) in [6.45, 7) is -2.27. The fraction of sp³-hybridized carbons (Fsp3) is 0.0769. The summed E-state index contributed by atoms with van der Waals surface area (Å²) in [6.07, 6.45) is 0. The number of hydrogen-bond acceptors (Lipinski definition) is 1. The van der Waals surface area contributed by atoms with Gasteiger partial charge in [0.05, 0.1) is 9.30 Å². The van der Waals surface area contributed by atoms with Crippen LogP contribution in [0.1, 0.15) is 8.30 Å².